The molecule has 2 aromatic heterocycles. The first-order valence-electron chi connectivity index (χ1n) is 11.6. The fourth-order valence-electron chi connectivity index (χ4n) is 3.80. The van der Waals surface area contributed by atoms with Crippen molar-refractivity contribution in [3.63, 3.8) is 0 Å². The molecule has 4 rings (SSSR count). The van der Waals surface area contributed by atoms with Crippen molar-refractivity contribution in [1.82, 2.24) is 15.0 Å². The molecule has 8 nitrogen and oxygen atoms in total. The number of methoxy groups -OCH3 is 1. The number of benzene rings is 2. The summed E-state index contributed by atoms with van der Waals surface area (Å²) >= 11 is 6.24. The summed E-state index contributed by atoms with van der Waals surface area (Å²) in [7, 11) is -1.92. The van der Waals surface area contributed by atoms with Crippen LogP contribution in [0, 0.1) is 0 Å². The zero-order chi connectivity index (χ0) is 26.3. The van der Waals surface area contributed by atoms with Crippen LogP contribution in [0.5, 0.6) is 5.75 Å². The molecule has 2 N–H and O–H groups in total. The Morgan fingerprint density at radius 1 is 0.972 bits per heavy atom. The van der Waals surface area contributed by atoms with E-state index in [0.717, 1.165) is 33.2 Å². The van der Waals surface area contributed by atoms with Crippen molar-refractivity contribution in [1.29, 1.82) is 0 Å². The van der Waals surface area contributed by atoms with Gasteiger partial charge in [-0.15, -0.1) is 0 Å². The molecule has 0 aliphatic rings. The monoisotopic (exact) mass is 530 g/mol. The summed E-state index contributed by atoms with van der Waals surface area (Å²) in [5.74, 6) is 1.33. The van der Waals surface area contributed by atoms with Gasteiger partial charge in [-0.2, -0.15) is 4.98 Å². The lowest BCUT2D eigenvalue weighted by atomic mass is 10.2. The maximum Gasteiger partial charge on any atom is 0.362 e. The van der Waals surface area contributed by atoms with Crippen molar-refractivity contribution in [3.8, 4) is 5.75 Å². The first-order valence-corrected chi connectivity index (χ1v) is 13.6. The number of aromatic nitrogens is 3. The van der Waals surface area contributed by atoms with Crippen LogP contribution in [0.2, 0.25) is 5.28 Å². The number of rotatable bonds is 7. The van der Waals surface area contributed by atoms with E-state index in [1.807, 2.05) is 71.9 Å². The van der Waals surface area contributed by atoms with E-state index in [0.29, 0.717) is 17.7 Å². The molecule has 0 unspecified atom stereocenters. The number of fused-ring (bicyclic) bond motifs is 3. The van der Waals surface area contributed by atoms with Gasteiger partial charge in [0.15, 0.2) is 5.82 Å². The predicted octanol–water partition coefficient (Wildman–Crippen LogP) is 6.83. The van der Waals surface area contributed by atoms with Crippen molar-refractivity contribution in [3.05, 3.63) is 53.3 Å². The van der Waals surface area contributed by atoms with Gasteiger partial charge in [0.1, 0.15) is 16.8 Å². The number of nitrogens with one attached hydrogen (secondary N) is 2. The van der Waals surface area contributed by atoms with E-state index in [2.05, 4.69) is 20.3 Å². The van der Waals surface area contributed by atoms with Crippen LogP contribution in [0.4, 0.5) is 5.82 Å². The second kappa shape index (κ2) is 9.67. The van der Waals surface area contributed by atoms with Gasteiger partial charge in [-0.1, -0.05) is 12.1 Å². The first-order chi connectivity index (χ1) is 16.8. The second-order valence-electron chi connectivity index (χ2n) is 10.5. The number of anilines is 1. The van der Waals surface area contributed by atoms with Crippen LogP contribution in [0.25, 0.3) is 21.9 Å². The van der Waals surface area contributed by atoms with Gasteiger partial charge < -0.3 is 15.0 Å². The quantitative estimate of drug-likeness (QED) is 0.199. The molecule has 0 saturated carbocycles. The number of hydrogen-bond donors (Lipinski definition) is 2. The highest BCUT2D eigenvalue weighted by atomic mass is 35.5. The van der Waals surface area contributed by atoms with Crippen LogP contribution < -0.4 is 15.4 Å². The van der Waals surface area contributed by atoms with Gasteiger partial charge in [-0.3, -0.25) is 13.6 Å². The molecule has 2 aromatic carbocycles. The lowest BCUT2D eigenvalue weighted by Crippen LogP contribution is -2.28. The molecular weight excluding hydrogens is 499 g/mol. The molecule has 0 amide bonds. The fourth-order valence-corrected chi connectivity index (χ4v) is 6.17. The number of nitrogens with zero attached hydrogens (tertiary/aromatic N) is 2. The maximum atomic E-state index is 13.7. The third-order valence-electron chi connectivity index (χ3n) is 5.12. The molecule has 192 valence electrons. The summed E-state index contributed by atoms with van der Waals surface area (Å²) in [6.45, 7) is 11.6. The molecule has 0 aliphatic heterocycles. The Morgan fingerprint density at radius 2 is 1.61 bits per heavy atom. The normalized spacial score (nSPS) is 12.9. The predicted molar refractivity (Wildman–Crippen MR) is 146 cm³/mol. The van der Waals surface area contributed by atoms with Crippen molar-refractivity contribution >= 4 is 52.3 Å². The van der Waals surface area contributed by atoms with Crippen molar-refractivity contribution in [2.45, 2.75) is 59.3 Å². The minimum absolute atomic E-state index is 0.150. The summed E-state index contributed by atoms with van der Waals surface area (Å²) in [5, 5.41) is 4.92. The average molecular weight is 531 g/mol. The molecule has 36 heavy (non-hydrogen) atoms. The molecule has 0 spiro atoms. The molecule has 2 heterocycles. The second-order valence-corrected chi connectivity index (χ2v) is 12.7. The summed E-state index contributed by atoms with van der Waals surface area (Å²) in [6.07, 6.45) is 0. The first kappa shape index (κ1) is 26.4. The molecule has 0 saturated heterocycles. The van der Waals surface area contributed by atoms with Crippen LogP contribution in [0.15, 0.2) is 42.5 Å². The van der Waals surface area contributed by atoms with Gasteiger partial charge in [0, 0.05) is 18.0 Å². The van der Waals surface area contributed by atoms with E-state index in [9.17, 15) is 4.57 Å². The van der Waals surface area contributed by atoms with Gasteiger partial charge in [0.2, 0.25) is 5.28 Å². The summed E-state index contributed by atoms with van der Waals surface area (Å²) in [4.78, 5) is 12.2. The minimum atomic E-state index is -3.55. The largest absolute Gasteiger partial charge is 0.497 e. The highest BCUT2D eigenvalue weighted by molar-refractivity contribution is 7.62. The van der Waals surface area contributed by atoms with E-state index in [1.54, 1.807) is 19.2 Å². The molecular formula is C26H32ClN4O4P. The summed E-state index contributed by atoms with van der Waals surface area (Å²) in [6, 6.07) is 13.1. The van der Waals surface area contributed by atoms with Gasteiger partial charge in [-0.05, 0) is 83.0 Å². The Hall–Kier alpha value is -2.64. The lowest BCUT2D eigenvalue weighted by molar-refractivity contribution is 0.0548. The van der Waals surface area contributed by atoms with Crippen LogP contribution >= 0.6 is 19.2 Å². The van der Waals surface area contributed by atoms with Crippen molar-refractivity contribution < 1.29 is 18.3 Å². The highest BCUT2D eigenvalue weighted by Crippen LogP contribution is 2.53. The standard InChI is InChI=1S/C26H32ClN4O4P/c1-25(2,3)34-36(32,35-26(4,5)6)18-11-8-16(9-12-18)15-28-23-22-21(30-24(27)31-23)19-13-10-17(33-7)14-20(19)29-22/h8-14,29H,15H2,1-7H3,(H,28,30,31). The van der Waals surface area contributed by atoms with E-state index >= 15 is 0 Å². The number of hydrogen-bond acceptors (Lipinski definition) is 7. The molecule has 0 atom stereocenters. The average Bonchev–Trinajstić information content (AvgIpc) is 3.12. The topological polar surface area (TPSA) is 98.4 Å². The number of halogens is 1. The zero-order valence-corrected chi connectivity index (χ0v) is 23.3. The van der Waals surface area contributed by atoms with Crippen LogP contribution in [-0.4, -0.2) is 33.3 Å². The SMILES string of the molecule is COc1ccc2c(c1)[nH]c1c(NCc3ccc(P(=O)(OC(C)(C)C)OC(C)(C)C)cc3)nc(Cl)nc12. The maximum absolute atomic E-state index is 13.7. The number of H-pyrrole nitrogens is 1. The number of aromatic amines is 1. The molecule has 0 fully saturated rings. The summed E-state index contributed by atoms with van der Waals surface area (Å²) < 4.78 is 30.9. The van der Waals surface area contributed by atoms with Crippen LogP contribution in [-0.2, 0) is 20.2 Å². The van der Waals surface area contributed by atoms with Gasteiger partial charge in [-0.25, -0.2) is 4.98 Å². The fraction of sp³-hybridized carbons (Fsp3) is 0.385. The Balaban J connectivity index is 1.60. The van der Waals surface area contributed by atoms with Gasteiger partial charge in [0.05, 0.1) is 29.1 Å². The molecule has 10 heteroatoms. The molecule has 4 aromatic rings. The van der Waals surface area contributed by atoms with E-state index in [-0.39, 0.29) is 5.28 Å². The van der Waals surface area contributed by atoms with E-state index in [1.165, 1.54) is 0 Å². The Labute approximate surface area is 216 Å². The molecule has 0 aliphatic carbocycles. The van der Waals surface area contributed by atoms with Gasteiger partial charge in [0.25, 0.3) is 0 Å². The Morgan fingerprint density at radius 3 is 2.19 bits per heavy atom. The van der Waals surface area contributed by atoms with Crippen LogP contribution in [0.3, 0.4) is 0 Å². The highest BCUT2D eigenvalue weighted by Gasteiger charge is 2.37. The Kier molecular flexibility index (Phi) is 7.10. The van der Waals surface area contributed by atoms with Gasteiger partial charge >= 0.3 is 7.60 Å². The molecule has 0 bridgehead atoms. The molecule has 0 radical (unpaired) electrons. The third-order valence-corrected chi connectivity index (χ3v) is 7.80. The smallest absolute Gasteiger partial charge is 0.362 e. The number of ether oxygens (including phenoxy) is 1. The third kappa shape index (κ3) is 6.01. The zero-order valence-electron chi connectivity index (χ0n) is 21.6. The van der Waals surface area contributed by atoms with Crippen LogP contribution in [0.1, 0.15) is 47.1 Å². The Bertz CT molecular complexity index is 1420. The lowest BCUT2D eigenvalue weighted by Gasteiger charge is -2.32. The van der Waals surface area contributed by atoms with E-state index < -0.39 is 18.8 Å². The summed E-state index contributed by atoms with van der Waals surface area (Å²) in [5.41, 5.74) is 2.04. The van der Waals surface area contributed by atoms with Crippen molar-refractivity contribution in [2.75, 3.05) is 12.4 Å². The van der Waals surface area contributed by atoms with Crippen molar-refractivity contribution in [2.24, 2.45) is 0 Å². The minimum Gasteiger partial charge on any atom is -0.497 e. The van der Waals surface area contributed by atoms with E-state index in [4.69, 9.17) is 25.4 Å².